The monoisotopic (exact) mass is 391 g/mol. The van der Waals surface area contributed by atoms with E-state index >= 15 is 0 Å². The number of ether oxygens (including phenoxy) is 2. The number of rotatable bonds is 6. The van der Waals surface area contributed by atoms with Crippen molar-refractivity contribution < 1.29 is 19.1 Å². The van der Waals surface area contributed by atoms with Gasteiger partial charge in [-0.2, -0.15) is 0 Å². The summed E-state index contributed by atoms with van der Waals surface area (Å²) in [5.41, 5.74) is 4.75. The van der Waals surface area contributed by atoms with Gasteiger partial charge in [0.15, 0.2) is 11.4 Å². The lowest BCUT2D eigenvalue weighted by Crippen LogP contribution is -2.47. The fraction of sp³-hybridized carbons (Fsp3) is 0.316. The smallest absolute Gasteiger partial charge is 0.404 e. The van der Waals surface area contributed by atoms with Crippen molar-refractivity contribution in [3.05, 3.63) is 53.3 Å². The molecule has 7 nitrogen and oxygen atoms in total. The normalized spacial score (nSPS) is 12.1. The molecule has 2 aromatic rings. The number of hydrogen-bond donors (Lipinski definition) is 2. The molecular weight excluding hydrogens is 370 g/mol. The van der Waals surface area contributed by atoms with E-state index in [1.165, 1.54) is 6.20 Å². The molecule has 0 saturated carbocycles. The minimum Gasteiger partial charge on any atom is -0.455 e. The molecule has 3 N–H and O–H groups in total. The van der Waals surface area contributed by atoms with Crippen molar-refractivity contribution in [2.75, 3.05) is 6.61 Å². The predicted octanol–water partition coefficient (Wildman–Crippen LogP) is 3.77. The molecule has 8 heteroatoms. The van der Waals surface area contributed by atoms with Gasteiger partial charge in [0, 0.05) is 11.2 Å². The van der Waals surface area contributed by atoms with Gasteiger partial charge in [0.2, 0.25) is 0 Å². The third kappa shape index (κ3) is 6.14. The highest BCUT2D eigenvalue weighted by Crippen LogP contribution is 2.27. The van der Waals surface area contributed by atoms with E-state index in [2.05, 4.69) is 10.3 Å². The molecule has 2 rings (SSSR count). The van der Waals surface area contributed by atoms with Crippen molar-refractivity contribution in [2.24, 2.45) is 11.1 Å². The number of nitrogens with two attached hydrogens (primary N) is 1. The molecule has 2 amide bonds. The van der Waals surface area contributed by atoms with E-state index in [4.69, 9.17) is 26.8 Å². The first-order valence-electron chi connectivity index (χ1n) is 8.28. The number of carbonyl (C=O) groups excluding carboxylic acids is 2. The third-order valence-electron chi connectivity index (χ3n) is 3.75. The molecule has 1 atom stereocenters. The summed E-state index contributed by atoms with van der Waals surface area (Å²) < 4.78 is 10.6. The number of nitrogens with one attached hydrogen (secondary N) is 1. The zero-order valence-corrected chi connectivity index (χ0v) is 16.1. The van der Waals surface area contributed by atoms with Gasteiger partial charge in [0.1, 0.15) is 12.4 Å². The number of carbonyl (C=O) groups is 2. The van der Waals surface area contributed by atoms with E-state index in [-0.39, 0.29) is 23.5 Å². The van der Waals surface area contributed by atoms with Gasteiger partial charge in [-0.25, -0.2) is 9.78 Å². The summed E-state index contributed by atoms with van der Waals surface area (Å²) in [5.74, 6) is 0.301. The molecule has 0 radical (unpaired) electrons. The summed E-state index contributed by atoms with van der Waals surface area (Å²) >= 11 is 5.97. The molecule has 27 heavy (non-hydrogen) atoms. The number of nitrogens with zero attached hydrogens (tertiary/aromatic N) is 1. The second kappa shape index (κ2) is 8.73. The molecule has 0 saturated heterocycles. The molecule has 1 unspecified atom stereocenters. The predicted molar refractivity (Wildman–Crippen MR) is 102 cm³/mol. The highest BCUT2D eigenvalue weighted by Gasteiger charge is 2.29. The number of amides is 2. The number of benzene rings is 1. The van der Waals surface area contributed by atoms with Crippen LogP contribution in [-0.4, -0.2) is 29.6 Å². The lowest BCUT2D eigenvalue weighted by molar-refractivity contribution is 0.0797. The molecule has 1 aromatic heterocycles. The van der Waals surface area contributed by atoms with Crippen LogP contribution < -0.4 is 15.8 Å². The maximum absolute atomic E-state index is 12.8. The Morgan fingerprint density at radius 3 is 2.63 bits per heavy atom. The molecule has 0 bridgehead atoms. The summed E-state index contributed by atoms with van der Waals surface area (Å²) in [6, 6.07) is 9.64. The van der Waals surface area contributed by atoms with Crippen molar-refractivity contribution in [3.63, 3.8) is 0 Å². The SMILES string of the molecule is CC(C)(C)C(COC(N)=O)NC(=O)c1ncccc1Oc1cccc(Cl)c1. The highest BCUT2D eigenvalue weighted by atomic mass is 35.5. The molecule has 1 aromatic carbocycles. The summed E-state index contributed by atoms with van der Waals surface area (Å²) in [4.78, 5) is 27.8. The lowest BCUT2D eigenvalue weighted by Gasteiger charge is -2.30. The van der Waals surface area contributed by atoms with Crippen LogP contribution in [-0.2, 0) is 4.74 Å². The maximum atomic E-state index is 12.8. The van der Waals surface area contributed by atoms with Crippen LogP contribution in [0.4, 0.5) is 4.79 Å². The quantitative estimate of drug-likeness (QED) is 0.780. The zero-order chi connectivity index (χ0) is 20.0. The maximum Gasteiger partial charge on any atom is 0.404 e. The summed E-state index contributed by atoms with van der Waals surface area (Å²) in [7, 11) is 0. The Labute approximate surface area is 162 Å². The second-order valence-corrected chi connectivity index (χ2v) is 7.37. The molecule has 0 aliphatic heterocycles. The zero-order valence-electron chi connectivity index (χ0n) is 15.4. The van der Waals surface area contributed by atoms with Crippen molar-refractivity contribution in [1.82, 2.24) is 10.3 Å². The Hall–Kier alpha value is -2.80. The molecule has 1 heterocycles. The number of primary amides is 1. The van der Waals surface area contributed by atoms with Crippen LogP contribution in [0.2, 0.25) is 5.02 Å². The first-order chi connectivity index (χ1) is 12.7. The van der Waals surface area contributed by atoms with E-state index in [1.807, 2.05) is 20.8 Å². The van der Waals surface area contributed by atoms with Gasteiger partial charge in [-0.3, -0.25) is 4.79 Å². The van der Waals surface area contributed by atoms with E-state index in [0.29, 0.717) is 10.8 Å². The molecule has 144 valence electrons. The minimum atomic E-state index is -0.902. The standard InChI is InChI=1S/C19H22ClN3O4/c1-19(2,3)15(11-26-18(21)25)23-17(24)16-14(8-5-9-22-16)27-13-7-4-6-12(20)10-13/h4-10,15H,11H2,1-3H3,(H2,21,25)(H,23,24). The van der Waals surface area contributed by atoms with Gasteiger partial charge >= 0.3 is 6.09 Å². The van der Waals surface area contributed by atoms with E-state index in [1.54, 1.807) is 36.4 Å². The van der Waals surface area contributed by atoms with Crippen LogP contribution in [0.5, 0.6) is 11.5 Å². The van der Waals surface area contributed by atoms with E-state index in [9.17, 15) is 9.59 Å². The minimum absolute atomic E-state index is 0.0537. The Morgan fingerprint density at radius 1 is 1.26 bits per heavy atom. The number of hydrogen-bond acceptors (Lipinski definition) is 5. The van der Waals surface area contributed by atoms with Crippen LogP contribution >= 0.6 is 11.6 Å². The van der Waals surface area contributed by atoms with Gasteiger partial charge in [0.25, 0.3) is 5.91 Å². The Bertz CT molecular complexity index is 821. The van der Waals surface area contributed by atoms with Gasteiger partial charge in [-0.1, -0.05) is 38.4 Å². The van der Waals surface area contributed by atoms with Crippen LogP contribution in [0, 0.1) is 5.41 Å². The van der Waals surface area contributed by atoms with E-state index in [0.717, 1.165) is 0 Å². The van der Waals surface area contributed by atoms with Crippen molar-refractivity contribution in [2.45, 2.75) is 26.8 Å². The fourth-order valence-corrected chi connectivity index (χ4v) is 2.38. The van der Waals surface area contributed by atoms with Crippen molar-refractivity contribution in [3.8, 4) is 11.5 Å². The first kappa shape index (κ1) is 20.5. The van der Waals surface area contributed by atoms with Gasteiger partial charge in [-0.15, -0.1) is 0 Å². The van der Waals surface area contributed by atoms with Crippen molar-refractivity contribution in [1.29, 1.82) is 0 Å². The van der Waals surface area contributed by atoms with Crippen LogP contribution in [0.15, 0.2) is 42.6 Å². The first-order valence-corrected chi connectivity index (χ1v) is 8.66. The summed E-state index contributed by atoms with van der Waals surface area (Å²) in [6.45, 7) is 5.67. The van der Waals surface area contributed by atoms with Gasteiger partial charge in [-0.05, 0) is 35.7 Å². The Kier molecular flexibility index (Phi) is 6.63. The van der Waals surface area contributed by atoms with Gasteiger partial charge in [0.05, 0.1) is 6.04 Å². The molecule has 0 aliphatic carbocycles. The summed E-state index contributed by atoms with van der Waals surface area (Å²) in [6.07, 6.45) is 0.590. The van der Waals surface area contributed by atoms with Crippen LogP contribution in [0.25, 0.3) is 0 Å². The largest absolute Gasteiger partial charge is 0.455 e. The lowest BCUT2D eigenvalue weighted by atomic mass is 9.87. The average molecular weight is 392 g/mol. The number of halogens is 1. The Morgan fingerprint density at radius 2 is 2.00 bits per heavy atom. The second-order valence-electron chi connectivity index (χ2n) is 6.93. The molecular formula is C19H22ClN3O4. The molecule has 0 fully saturated rings. The van der Waals surface area contributed by atoms with Crippen molar-refractivity contribution >= 4 is 23.6 Å². The topological polar surface area (TPSA) is 104 Å². The highest BCUT2D eigenvalue weighted by molar-refractivity contribution is 6.30. The Balaban J connectivity index is 2.21. The average Bonchev–Trinajstić information content (AvgIpc) is 2.57. The number of pyridine rings is 1. The van der Waals surface area contributed by atoms with Crippen LogP contribution in [0.1, 0.15) is 31.3 Å². The summed E-state index contributed by atoms with van der Waals surface area (Å²) in [5, 5.41) is 3.34. The van der Waals surface area contributed by atoms with Gasteiger partial charge < -0.3 is 20.5 Å². The van der Waals surface area contributed by atoms with E-state index < -0.39 is 18.0 Å². The number of aromatic nitrogens is 1. The molecule has 0 spiro atoms. The molecule has 0 aliphatic rings. The van der Waals surface area contributed by atoms with Crippen LogP contribution in [0.3, 0.4) is 0 Å². The third-order valence-corrected chi connectivity index (χ3v) is 3.99. The fourth-order valence-electron chi connectivity index (χ4n) is 2.20.